The van der Waals surface area contributed by atoms with Crippen LogP contribution in [0.3, 0.4) is 0 Å². The van der Waals surface area contributed by atoms with Gasteiger partial charge in [-0.2, -0.15) is 5.10 Å². The Balaban J connectivity index is 1.65. The number of hydrogen-bond donors (Lipinski definition) is 1. The first kappa shape index (κ1) is 25.5. The molecule has 0 bridgehead atoms. The number of aryl methyl sites for hydroxylation is 1. The Bertz CT molecular complexity index is 1160. The first-order valence-electron chi connectivity index (χ1n) is 10.4. The van der Waals surface area contributed by atoms with Crippen molar-refractivity contribution in [3.8, 4) is 11.5 Å². The Morgan fingerprint density at radius 3 is 2.62 bits per heavy atom. The number of rotatable bonds is 9. The van der Waals surface area contributed by atoms with Gasteiger partial charge in [-0.1, -0.05) is 37.0 Å². The van der Waals surface area contributed by atoms with Gasteiger partial charge in [0.2, 0.25) is 5.91 Å². The Morgan fingerprint density at radius 1 is 1.26 bits per heavy atom. The van der Waals surface area contributed by atoms with E-state index in [1.54, 1.807) is 44.4 Å². The number of ether oxygens (including phenoxy) is 2. The fraction of sp³-hybridized carbons (Fsp3) is 0.333. The van der Waals surface area contributed by atoms with Crippen LogP contribution >= 0.6 is 23.2 Å². The number of nitro benzene ring substituents is 1. The van der Waals surface area contributed by atoms with Crippen LogP contribution in [0.15, 0.2) is 52.1 Å². The van der Waals surface area contributed by atoms with Crippen molar-refractivity contribution in [1.82, 2.24) is 5.43 Å². The van der Waals surface area contributed by atoms with Crippen molar-refractivity contribution in [3.05, 3.63) is 73.8 Å². The van der Waals surface area contributed by atoms with E-state index in [9.17, 15) is 14.9 Å². The van der Waals surface area contributed by atoms with E-state index in [-0.39, 0.29) is 39.9 Å². The number of amides is 1. The number of hydrazone groups is 1. The predicted octanol–water partition coefficient (Wildman–Crippen LogP) is 5.53. The number of benzene rings is 2. The first-order valence-corrected chi connectivity index (χ1v) is 11.2. The van der Waals surface area contributed by atoms with E-state index in [4.69, 9.17) is 32.7 Å². The van der Waals surface area contributed by atoms with Gasteiger partial charge in [-0.05, 0) is 60.2 Å². The van der Waals surface area contributed by atoms with Gasteiger partial charge in [0.25, 0.3) is 5.69 Å². The van der Waals surface area contributed by atoms with Gasteiger partial charge in [-0.15, -0.1) is 0 Å². The van der Waals surface area contributed by atoms with Crippen molar-refractivity contribution in [2.45, 2.75) is 27.4 Å². The van der Waals surface area contributed by atoms with Crippen LogP contribution in [0, 0.1) is 34.3 Å². The Labute approximate surface area is 207 Å². The van der Waals surface area contributed by atoms with Crippen molar-refractivity contribution in [1.29, 1.82) is 0 Å². The van der Waals surface area contributed by atoms with Crippen LogP contribution in [-0.2, 0) is 11.4 Å². The number of nitro groups is 1. The van der Waals surface area contributed by atoms with Gasteiger partial charge in [0.15, 0.2) is 0 Å². The number of halogens is 2. The number of methoxy groups -OCH3 is 1. The number of hydrogen-bond acceptors (Lipinski definition) is 6. The molecular formula is C24H25Cl2N3O5. The minimum atomic E-state index is -0.433. The minimum Gasteiger partial charge on any atom is -0.496 e. The largest absolute Gasteiger partial charge is 0.496 e. The maximum absolute atomic E-state index is 12.5. The lowest BCUT2D eigenvalue weighted by Crippen LogP contribution is -2.22. The lowest BCUT2D eigenvalue weighted by molar-refractivity contribution is -0.385. The highest BCUT2D eigenvalue weighted by molar-refractivity contribution is 6.55. The molecule has 10 heteroatoms. The Hall–Kier alpha value is -3.10. The zero-order chi connectivity index (χ0) is 25.0. The summed E-state index contributed by atoms with van der Waals surface area (Å²) in [6.45, 7) is 5.78. The molecule has 1 aliphatic rings. The normalized spacial score (nSPS) is 18.3. The van der Waals surface area contributed by atoms with Crippen LogP contribution in [0.2, 0.25) is 0 Å². The van der Waals surface area contributed by atoms with Crippen molar-refractivity contribution >= 4 is 41.0 Å². The molecule has 1 amide bonds. The van der Waals surface area contributed by atoms with Gasteiger partial charge in [0.1, 0.15) is 22.6 Å². The summed E-state index contributed by atoms with van der Waals surface area (Å²) in [6, 6.07) is 9.98. The second-order valence-electron chi connectivity index (χ2n) is 8.58. The molecule has 180 valence electrons. The van der Waals surface area contributed by atoms with Crippen LogP contribution in [0.5, 0.6) is 11.5 Å². The van der Waals surface area contributed by atoms with E-state index in [2.05, 4.69) is 10.5 Å². The lowest BCUT2D eigenvalue weighted by Gasteiger charge is -2.11. The van der Waals surface area contributed by atoms with E-state index < -0.39 is 4.92 Å². The molecule has 1 aliphatic carbocycles. The maximum atomic E-state index is 12.5. The van der Waals surface area contributed by atoms with Crippen LogP contribution in [0.25, 0.3) is 0 Å². The smallest absolute Gasteiger partial charge is 0.272 e. The highest BCUT2D eigenvalue weighted by Gasteiger charge is 2.60. The molecule has 2 atom stereocenters. The minimum absolute atomic E-state index is 0.0351. The average Bonchev–Trinajstić information content (AvgIpc) is 3.30. The predicted molar refractivity (Wildman–Crippen MR) is 131 cm³/mol. The van der Waals surface area contributed by atoms with Crippen LogP contribution in [0.4, 0.5) is 5.69 Å². The van der Waals surface area contributed by atoms with Crippen LogP contribution < -0.4 is 14.9 Å². The van der Waals surface area contributed by atoms with Gasteiger partial charge in [0.05, 0.1) is 24.2 Å². The van der Waals surface area contributed by atoms with Gasteiger partial charge in [0, 0.05) is 17.2 Å². The molecule has 2 aromatic carbocycles. The second-order valence-corrected chi connectivity index (χ2v) is 9.59. The third-order valence-electron chi connectivity index (χ3n) is 5.95. The third kappa shape index (κ3) is 5.87. The average molecular weight is 506 g/mol. The lowest BCUT2D eigenvalue weighted by atomic mass is 10.1. The zero-order valence-corrected chi connectivity index (χ0v) is 20.7. The van der Waals surface area contributed by atoms with Gasteiger partial charge < -0.3 is 9.47 Å². The summed E-state index contributed by atoms with van der Waals surface area (Å²) in [5.74, 6) is 0.613. The van der Waals surface area contributed by atoms with E-state index in [0.29, 0.717) is 17.1 Å². The molecule has 0 unspecified atom stereocenters. The Morgan fingerprint density at radius 2 is 2.00 bits per heavy atom. The summed E-state index contributed by atoms with van der Waals surface area (Å²) < 4.78 is 11.4. The SMILES string of the molecule is COc1ccc(/C=N\NC(=O)[C@@H]2[C@@H](C=C(Cl)Cl)C2(C)C)cc1COc1ccc([N+](=O)[O-])c(C)c1. The first-order chi connectivity index (χ1) is 16.0. The number of carbonyl (C=O) groups is 1. The molecular weight excluding hydrogens is 481 g/mol. The van der Waals surface area contributed by atoms with Crippen molar-refractivity contribution in [3.63, 3.8) is 0 Å². The van der Waals surface area contributed by atoms with Gasteiger partial charge in [-0.3, -0.25) is 14.9 Å². The molecule has 0 radical (unpaired) electrons. The maximum Gasteiger partial charge on any atom is 0.272 e. The van der Waals surface area contributed by atoms with Gasteiger partial charge in [-0.25, -0.2) is 5.43 Å². The third-order valence-corrected chi connectivity index (χ3v) is 6.20. The highest BCUT2D eigenvalue weighted by Crippen LogP contribution is 2.59. The monoisotopic (exact) mass is 505 g/mol. The van der Waals surface area contributed by atoms with Crippen LogP contribution in [-0.4, -0.2) is 24.2 Å². The molecule has 1 fully saturated rings. The van der Waals surface area contributed by atoms with Crippen molar-refractivity contribution < 1.29 is 19.2 Å². The molecule has 0 aromatic heterocycles. The van der Waals surface area contributed by atoms with E-state index in [1.165, 1.54) is 12.3 Å². The topological polar surface area (TPSA) is 103 Å². The molecule has 3 rings (SSSR count). The van der Waals surface area contributed by atoms with Gasteiger partial charge >= 0.3 is 0 Å². The van der Waals surface area contributed by atoms with Crippen molar-refractivity contribution in [2.75, 3.05) is 7.11 Å². The number of allylic oxidation sites excluding steroid dienone is 1. The van der Waals surface area contributed by atoms with Crippen molar-refractivity contribution in [2.24, 2.45) is 22.4 Å². The fourth-order valence-electron chi connectivity index (χ4n) is 3.94. The van der Waals surface area contributed by atoms with E-state index >= 15 is 0 Å². The summed E-state index contributed by atoms with van der Waals surface area (Å²) in [6.07, 6.45) is 3.21. The summed E-state index contributed by atoms with van der Waals surface area (Å²) >= 11 is 11.5. The van der Waals surface area contributed by atoms with E-state index in [1.807, 2.05) is 19.9 Å². The fourth-order valence-corrected chi connectivity index (χ4v) is 4.21. The molecule has 0 aliphatic heterocycles. The molecule has 2 aromatic rings. The number of carbonyl (C=O) groups excluding carboxylic acids is 1. The van der Waals surface area contributed by atoms with E-state index in [0.717, 1.165) is 11.1 Å². The number of nitrogens with one attached hydrogen (secondary N) is 1. The second kappa shape index (κ2) is 10.4. The summed E-state index contributed by atoms with van der Waals surface area (Å²) in [4.78, 5) is 23.1. The molecule has 34 heavy (non-hydrogen) atoms. The quantitative estimate of drug-likeness (QED) is 0.274. The molecule has 1 saturated carbocycles. The molecule has 0 spiro atoms. The zero-order valence-electron chi connectivity index (χ0n) is 19.2. The standard InChI is InChI=1S/C24H25Cl2N3O5/c1-14-9-17(6-7-19(14)29(31)32)34-13-16-10-15(5-8-20(16)33-4)12-27-28-23(30)22-18(11-21(25)26)24(22,2)3/h5-12,18,22H,13H2,1-4H3,(H,28,30)/b27-12-/t18-,22+/m1/s1. The molecule has 0 heterocycles. The molecule has 1 N–H and O–H groups in total. The summed E-state index contributed by atoms with van der Waals surface area (Å²) in [5, 5.41) is 15.1. The number of nitrogens with zero attached hydrogens (tertiary/aromatic N) is 2. The molecule has 8 nitrogen and oxygen atoms in total. The highest BCUT2D eigenvalue weighted by atomic mass is 35.5. The van der Waals surface area contributed by atoms with Crippen LogP contribution in [0.1, 0.15) is 30.5 Å². The summed E-state index contributed by atoms with van der Waals surface area (Å²) in [5.41, 5.74) is 4.36. The molecule has 0 saturated heterocycles. The summed E-state index contributed by atoms with van der Waals surface area (Å²) in [7, 11) is 1.55. The Kier molecular flexibility index (Phi) is 7.84.